The first-order valence-electron chi connectivity index (χ1n) is 4.76. The highest BCUT2D eigenvalue weighted by Gasteiger charge is 2.00. The van der Waals surface area contributed by atoms with Gasteiger partial charge in [-0.25, -0.2) is 0 Å². The summed E-state index contributed by atoms with van der Waals surface area (Å²) in [4.78, 5) is 11.0. The van der Waals surface area contributed by atoms with Crippen LogP contribution in [0.4, 0.5) is 0 Å². The van der Waals surface area contributed by atoms with Gasteiger partial charge in [0, 0.05) is 6.42 Å². The van der Waals surface area contributed by atoms with Gasteiger partial charge in [0.15, 0.2) is 5.11 Å². The molecule has 0 unspecified atom stereocenters. The van der Waals surface area contributed by atoms with Crippen LogP contribution in [0.15, 0.2) is 0 Å². The van der Waals surface area contributed by atoms with E-state index in [0.29, 0.717) is 6.42 Å². The third kappa shape index (κ3) is 9.27. The minimum Gasteiger partial charge on any atom is -0.376 e. The number of rotatable bonds is 6. The summed E-state index contributed by atoms with van der Waals surface area (Å²) in [6.07, 6.45) is 6.24. The van der Waals surface area contributed by atoms with Crippen LogP contribution in [0, 0.1) is 0 Å². The lowest BCUT2D eigenvalue weighted by molar-refractivity contribution is -0.119. The molecule has 3 nitrogen and oxygen atoms in total. The maximum Gasteiger partial charge on any atom is 0.226 e. The Hall–Kier alpha value is -0.640. The lowest BCUT2D eigenvalue weighted by Gasteiger charge is -2.01. The smallest absolute Gasteiger partial charge is 0.226 e. The number of carbonyl (C=O) groups is 1. The lowest BCUT2D eigenvalue weighted by Crippen LogP contribution is -2.34. The number of hydrogen-bond donors (Lipinski definition) is 2. The van der Waals surface area contributed by atoms with Gasteiger partial charge in [-0.2, -0.15) is 0 Å². The predicted octanol–water partition coefficient (Wildman–Crippen LogP) is 1.71. The molecule has 0 bridgehead atoms. The highest BCUT2D eigenvalue weighted by atomic mass is 32.1. The fourth-order valence-electron chi connectivity index (χ4n) is 1.09. The minimum absolute atomic E-state index is 0.0657. The van der Waals surface area contributed by atoms with Crippen LogP contribution in [0.3, 0.4) is 0 Å². The molecule has 0 aliphatic heterocycles. The van der Waals surface area contributed by atoms with Gasteiger partial charge in [0.2, 0.25) is 5.91 Å². The van der Waals surface area contributed by atoms with Crippen molar-refractivity contribution in [2.45, 2.75) is 45.4 Å². The number of carbonyl (C=O) groups excluding carboxylic acids is 1. The largest absolute Gasteiger partial charge is 0.376 e. The van der Waals surface area contributed by atoms with Gasteiger partial charge in [-0.15, -0.1) is 0 Å². The molecule has 1 amide bonds. The van der Waals surface area contributed by atoms with E-state index in [1.807, 2.05) is 0 Å². The van der Waals surface area contributed by atoms with E-state index in [9.17, 15) is 4.79 Å². The lowest BCUT2D eigenvalue weighted by atomic mass is 10.1. The second kappa shape index (κ2) is 7.98. The predicted molar refractivity (Wildman–Crippen MR) is 58.3 cm³/mol. The Morgan fingerprint density at radius 2 is 1.92 bits per heavy atom. The van der Waals surface area contributed by atoms with Crippen molar-refractivity contribution in [2.24, 2.45) is 5.73 Å². The minimum atomic E-state index is -0.0657. The summed E-state index contributed by atoms with van der Waals surface area (Å²) in [6, 6.07) is 0. The zero-order chi connectivity index (χ0) is 10.1. The summed E-state index contributed by atoms with van der Waals surface area (Å²) in [5, 5.41) is 2.47. The van der Waals surface area contributed by atoms with Crippen LogP contribution in [0.1, 0.15) is 45.4 Å². The normalized spacial score (nSPS) is 9.62. The molecule has 0 aromatic heterocycles. The van der Waals surface area contributed by atoms with Gasteiger partial charge in [0.25, 0.3) is 0 Å². The topological polar surface area (TPSA) is 55.1 Å². The molecule has 0 radical (unpaired) electrons. The van der Waals surface area contributed by atoms with Crippen molar-refractivity contribution in [3.8, 4) is 0 Å². The molecule has 0 aromatic rings. The molecular weight excluding hydrogens is 184 g/mol. The van der Waals surface area contributed by atoms with E-state index in [4.69, 9.17) is 5.73 Å². The fourth-order valence-corrected chi connectivity index (χ4v) is 1.20. The number of hydrogen-bond acceptors (Lipinski definition) is 2. The number of nitrogens with two attached hydrogens (primary N) is 1. The van der Waals surface area contributed by atoms with Gasteiger partial charge in [-0.05, 0) is 18.6 Å². The quantitative estimate of drug-likeness (QED) is 0.509. The molecule has 76 valence electrons. The van der Waals surface area contributed by atoms with Gasteiger partial charge in [-0.1, -0.05) is 32.6 Å². The van der Waals surface area contributed by atoms with E-state index in [2.05, 4.69) is 24.5 Å². The van der Waals surface area contributed by atoms with Crippen molar-refractivity contribution in [1.82, 2.24) is 5.32 Å². The third-order valence-corrected chi connectivity index (χ3v) is 1.87. The maximum atomic E-state index is 11.0. The molecule has 3 N–H and O–H groups in total. The molecule has 13 heavy (non-hydrogen) atoms. The van der Waals surface area contributed by atoms with Gasteiger partial charge < -0.3 is 11.1 Å². The Bertz CT molecular complexity index is 171. The maximum absolute atomic E-state index is 11.0. The molecule has 0 rings (SSSR count). The number of thiocarbonyl (C=S) groups is 1. The molecular formula is C9H18N2OS. The van der Waals surface area contributed by atoms with Crippen LogP contribution in [0.2, 0.25) is 0 Å². The zero-order valence-electron chi connectivity index (χ0n) is 8.14. The Balaban J connectivity index is 3.22. The summed E-state index contributed by atoms with van der Waals surface area (Å²) in [5.74, 6) is -0.0657. The summed E-state index contributed by atoms with van der Waals surface area (Å²) in [6.45, 7) is 2.17. The molecule has 0 heterocycles. The highest BCUT2D eigenvalue weighted by molar-refractivity contribution is 7.80. The van der Waals surface area contributed by atoms with Crippen LogP contribution >= 0.6 is 12.2 Å². The van der Waals surface area contributed by atoms with E-state index >= 15 is 0 Å². The molecule has 4 heteroatoms. The van der Waals surface area contributed by atoms with E-state index in [1.165, 1.54) is 19.3 Å². The number of unbranched alkanes of at least 4 members (excludes halogenated alkanes) is 4. The summed E-state index contributed by atoms with van der Waals surface area (Å²) in [5.41, 5.74) is 5.14. The molecule has 0 atom stereocenters. The molecule has 0 fully saturated rings. The van der Waals surface area contributed by atoms with Crippen LogP contribution in [-0.2, 0) is 4.79 Å². The van der Waals surface area contributed by atoms with Gasteiger partial charge in [-0.3, -0.25) is 4.79 Å². The molecule has 0 aromatic carbocycles. The standard InChI is InChI=1S/C9H18N2OS/c1-2-3-4-5-6-7-8(12)11-9(10)13/h2-7H2,1H3,(H3,10,11,12,13). The SMILES string of the molecule is CCCCCCCC(=O)NC(N)=S. The average molecular weight is 202 g/mol. The highest BCUT2D eigenvalue weighted by Crippen LogP contribution is 2.04. The van der Waals surface area contributed by atoms with E-state index in [-0.39, 0.29) is 11.0 Å². The second-order valence-corrected chi connectivity index (χ2v) is 3.52. The number of nitrogens with one attached hydrogen (secondary N) is 1. The zero-order valence-corrected chi connectivity index (χ0v) is 8.95. The van der Waals surface area contributed by atoms with E-state index < -0.39 is 0 Å². The van der Waals surface area contributed by atoms with E-state index in [0.717, 1.165) is 12.8 Å². The monoisotopic (exact) mass is 202 g/mol. The van der Waals surface area contributed by atoms with Crippen molar-refractivity contribution in [2.75, 3.05) is 0 Å². The van der Waals surface area contributed by atoms with Crippen molar-refractivity contribution >= 4 is 23.2 Å². The van der Waals surface area contributed by atoms with Crippen LogP contribution in [-0.4, -0.2) is 11.0 Å². The van der Waals surface area contributed by atoms with Crippen molar-refractivity contribution in [3.05, 3.63) is 0 Å². The van der Waals surface area contributed by atoms with Crippen LogP contribution < -0.4 is 11.1 Å². The molecule has 0 spiro atoms. The number of amides is 1. The first-order chi connectivity index (χ1) is 6.16. The molecule has 0 aliphatic carbocycles. The summed E-state index contributed by atoms with van der Waals surface area (Å²) < 4.78 is 0. The van der Waals surface area contributed by atoms with Crippen molar-refractivity contribution in [3.63, 3.8) is 0 Å². The van der Waals surface area contributed by atoms with Gasteiger partial charge >= 0.3 is 0 Å². The van der Waals surface area contributed by atoms with Crippen LogP contribution in [0.5, 0.6) is 0 Å². The first-order valence-corrected chi connectivity index (χ1v) is 5.17. The Morgan fingerprint density at radius 1 is 1.31 bits per heavy atom. The average Bonchev–Trinajstić information content (AvgIpc) is 2.02. The summed E-state index contributed by atoms with van der Waals surface area (Å²) in [7, 11) is 0. The Labute approximate surface area is 85.1 Å². The molecule has 0 aliphatic rings. The fraction of sp³-hybridized carbons (Fsp3) is 0.778. The van der Waals surface area contributed by atoms with E-state index in [1.54, 1.807) is 0 Å². The van der Waals surface area contributed by atoms with Crippen molar-refractivity contribution in [1.29, 1.82) is 0 Å². The Kier molecular flexibility index (Phi) is 7.59. The van der Waals surface area contributed by atoms with Crippen LogP contribution in [0.25, 0.3) is 0 Å². The Morgan fingerprint density at radius 3 is 2.46 bits per heavy atom. The van der Waals surface area contributed by atoms with Gasteiger partial charge in [0.1, 0.15) is 0 Å². The molecule has 0 saturated heterocycles. The first kappa shape index (κ1) is 12.4. The summed E-state index contributed by atoms with van der Waals surface area (Å²) >= 11 is 4.54. The van der Waals surface area contributed by atoms with Crippen molar-refractivity contribution < 1.29 is 4.79 Å². The third-order valence-electron chi connectivity index (χ3n) is 1.77. The van der Waals surface area contributed by atoms with Gasteiger partial charge in [0.05, 0.1) is 0 Å². The second-order valence-electron chi connectivity index (χ2n) is 3.08. The molecule has 0 saturated carbocycles.